The van der Waals surface area contributed by atoms with Crippen LogP contribution in [0.5, 0.6) is 5.75 Å². The van der Waals surface area contributed by atoms with Gasteiger partial charge in [-0.2, -0.15) is 0 Å². The van der Waals surface area contributed by atoms with Crippen molar-refractivity contribution in [2.45, 2.75) is 6.10 Å². The summed E-state index contributed by atoms with van der Waals surface area (Å²) >= 11 is 0. The Morgan fingerprint density at radius 3 is 2.61 bits per heavy atom. The third kappa shape index (κ3) is 4.97. The highest BCUT2D eigenvalue weighted by Crippen LogP contribution is 2.30. The Bertz CT molecular complexity index is 1190. The first-order valence-electron chi connectivity index (χ1n) is 11.0. The van der Waals surface area contributed by atoms with Crippen LogP contribution >= 0.6 is 0 Å². The van der Waals surface area contributed by atoms with Gasteiger partial charge in [0.1, 0.15) is 35.6 Å². The summed E-state index contributed by atoms with van der Waals surface area (Å²) in [5.74, 6) is 1.89. The van der Waals surface area contributed by atoms with Gasteiger partial charge in [0.25, 0.3) is 0 Å². The number of nitrogens with zero attached hydrogens (tertiary/aromatic N) is 4. The first-order chi connectivity index (χ1) is 16.2. The highest BCUT2D eigenvalue weighted by Gasteiger charge is 2.20. The number of hydrogen-bond donors (Lipinski definition) is 1. The van der Waals surface area contributed by atoms with Gasteiger partial charge >= 0.3 is 0 Å². The van der Waals surface area contributed by atoms with Crippen LogP contribution in [0.15, 0.2) is 71.4 Å². The number of ether oxygens (including phenoxy) is 1. The second kappa shape index (κ2) is 9.56. The summed E-state index contributed by atoms with van der Waals surface area (Å²) in [6.45, 7) is 4.29. The molecule has 1 fully saturated rings. The maximum Gasteiger partial charge on any atom is 0.174 e. The number of aliphatic hydroxyl groups excluding tert-OH is 1. The normalized spacial score (nSPS) is 15.6. The fourth-order valence-electron chi connectivity index (χ4n) is 4.07. The number of halogens is 1. The number of benzene rings is 2. The summed E-state index contributed by atoms with van der Waals surface area (Å²) in [4.78, 5) is 8.91. The maximum absolute atomic E-state index is 13.4. The molecule has 0 unspecified atom stereocenters. The zero-order valence-corrected chi connectivity index (χ0v) is 18.1. The molecule has 1 atom stereocenters. The predicted molar refractivity (Wildman–Crippen MR) is 124 cm³/mol. The van der Waals surface area contributed by atoms with Crippen molar-refractivity contribution >= 4 is 16.7 Å². The molecular formula is C25H25FN4O3. The molecule has 1 aliphatic rings. The van der Waals surface area contributed by atoms with Gasteiger partial charge in [0.15, 0.2) is 5.76 Å². The molecule has 3 heterocycles. The number of anilines is 1. The van der Waals surface area contributed by atoms with Crippen LogP contribution in [0, 0.1) is 5.82 Å². The van der Waals surface area contributed by atoms with Crippen molar-refractivity contribution in [1.82, 2.24) is 15.0 Å². The third-order valence-corrected chi connectivity index (χ3v) is 5.81. The first kappa shape index (κ1) is 21.4. The minimum absolute atomic E-state index is 0.213. The molecule has 7 nitrogen and oxygen atoms in total. The third-order valence-electron chi connectivity index (χ3n) is 5.81. The zero-order chi connectivity index (χ0) is 22.6. The SMILES string of the molecule is O[C@H](COc1ccc(-c2onc3cc(F)ccc23)cc1)CN1CCN(c2ccccn2)CC1. The van der Waals surface area contributed by atoms with Crippen LogP contribution in [-0.4, -0.2) is 65.6 Å². The number of pyridine rings is 1. The Labute approximate surface area is 191 Å². The lowest BCUT2D eigenvalue weighted by molar-refractivity contribution is 0.0662. The molecule has 2 aromatic carbocycles. The highest BCUT2D eigenvalue weighted by atomic mass is 19.1. The van der Waals surface area contributed by atoms with Gasteiger partial charge in [0, 0.05) is 55.9 Å². The molecule has 1 saturated heterocycles. The van der Waals surface area contributed by atoms with Crippen molar-refractivity contribution in [3.8, 4) is 17.1 Å². The lowest BCUT2D eigenvalue weighted by atomic mass is 10.1. The molecule has 1 N–H and O–H groups in total. The monoisotopic (exact) mass is 448 g/mol. The Balaban J connectivity index is 1.11. The van der Waals surface area contributed by atoms with E-state index >= 15 is 0 Å². The van der Waals surface area contributed by atoms with E-state index in [2.05, 4.69) is 19.9 Å². The average Bonchev–Trinajstić information content (AvgIpc) is 3.27. The molecule has 1 aliphatic heterocycles. The number of piperazine rings is 1. The van der Waals surface area contributed by atoms with Crippen LogP contribution < -0.4 is 9.64 Å². The Morgan fingerprint density at radius 2 is 1.85 bits per heavy atom. The molecule has 33 heavy (non-hydrogen) atoms. The predicted octanol–water partition coefficient (Wildman–Crippen LogP) is 3.59. The zero-order valence-electron chi connectivity index (χ0n) is 18.1. The first-order valence-corrected chi connectivity index (χ1v) is 11.0. The van der Waals surface area contributed by atoms with E-state index < -0.39 is 6.10 Å². The molecule has 0 spiro atoms. The molecule has 170 valence electrons. The molecular weight excluding hydrogens is 423 g/mol. The van der Waals surface area contributed by atoms with Gasteiger partial charge in [0.2, 0.25) is 0 Å². The molecule has 0 radical (unpaired) electrons. The molecule has 5 rings (SSSR count). The van der Waals surface area contributed by atoms with Crippen molar-refractivity contribution in [2.24, 2.45) is 0 Å². The second-order valence-electron chi connectivity index (χ2n) is 8.14. The van der Waals surface area contributed by atoms with Crippen LogP contribution in [0.25, 0.3) is 22.2 Å². The van der Waals surface area contributed by atoms with Gasteiger partial charge in [-0.1, -0.05) is 11.2 Å². The standard InChI is InChI=1S/C25H25FN4O3/c26-19-6-9-22-23(15-19)28-33-25(22)18-4-7-21(8-5-18)32-17-20(31)16-29-11-13-30(14-12-29)24-3-1-2-10-27-24/h1-10,15,20,31H,11-14,16-17H2/t20-/m0/s1. The van der Waals surface area contributed by atoms with Crippen molar-refractivity contribution in [2.75, 3.05) is 44.2 Å². The summed E-state index contributed by atoms with van der Waals surface area (Å²) in [6.07, 6.45) is 1.23. The van der Waals surface area contributed by atoms with Gasteiger partial charge in [-0.25, -0.2) is 9.37 Å². The van der Waals surface area contributed by atoms with Crippen LogP contribution in [-0.2, 0) is 0 Å². The van der Waals surface area contributed by atoms with Crippen molar-refractivity contribution in [3.05, 3.63) is 72.7 Å². The topological polar surface area (TPSA) is 74.9 Å². The average molecular weight is 448 g/mol. The van der Waals surface area contributed by atoms with Gasteiger partial charge in [-0.15, -0.1) is 0 Å². The van der Waals surface area contributed by atoms with E-state index in [1.807, 2.05) is 48.7 Å². The van der Waals surface area contributed by atoms with Crippen LogP contribution in [0.2, 0.25) is 0 Å². The molecule has 2 aromatic heterocycles. The summed E-state index contributed by atoms with van der Waals surface area (Å²) in [7, 11) is 0. The van der Waals surface area contributed by atoms with Crippen molar-refractivity contribution in [1.29, 1.82) is 0 Å². The number of aliphatic hydroxyl groups is 1. The van der Waals surface area contributed by atoms with E-state index in [1.165, 1.54) is 12.1 Å². The number of rotatable bonds is 7. The number of aromatic nitrogens is 2. The Kier molecular flexibility index (Phi) is 6.19. The van der Waals surface area contributed by atoms with Crippen LogP contribution in [0.3, 0.4) is 0 Å². The molecule has 0 bridgehead atoms. The molecule has 8 heteroatoms. The lowest BCUT2D eigenvalue weighted by Gasteiger charge is -2.36. The number of hydrogen-bond acceptors (Lipinski definition) is 7. The van der Waals surface area contributed by atoms with E-state index in [4.69, 9.17) is 9.26 Å². The Hall–Kier alpha value is -3.49. The highest BCUT2D eigenvalue weighted by molar-refractivity contribution is 5.91. The van der Waals surface area contributed by atoms with Crippen LogP contribution in [0.4, 0.5) is 10.2 Å². The fourth-order valence-corrected chi connectivity index (χ4v) is 4.07. The van der Waals surface area contributed by atoms with Gasteiger partial charge in [-0.05, 0) is 48.5 Å². The smallest absolute Gasteiger partial charge is 0.174 e. The molecule has 0 aliphatic carbocycles. The summed E-state index contributed by atoms with van der Waals surface area (Å²) < 4.78 is 24.5. The quantitative estimate of drug-likeness (QED) is 0.463. The minimum Gasteiger partial charge on any atom is -0.491 e. The summed E-state index contributed by atoms with van der Waals surface area (Å²) in [5, 5.41) is 15.1. The van der Waals surface area contributed by atoms with Crippen molar-refractivity contribution in [3.63, 3.8) is 0 Å². The fraction of sp³-hybridized carbons (Fsp3) is 0.280. The minimum atomic E-state index is -0.584. The summed E-state index contributed by atoms with van der Waals surface area (Å²) in [5.41, 5.74) is 1.30. The molecule has 0 saturated carbocycles. The Morgan fingerprint density at radius 1 is 1.03 bits per heavy atom. The van der Waals surface area contributed by atoms with E-state index in [9.17, 15) is 9.50 Å². The van der Waals surface area contributed by atoms with Gasteiger partial charge in [-0.3, -0.25) is 4.90 Å². The second-order valence-corrected chi connectivity index (χ2v) is 8.14. The van der Waals surface area contributed by atoms with E-state index in [1.54, 1.807) is 6.07 Å². The molecule has 4 aromatic rings. The lowest BCUT2D eigenvalue weighted by Crippen LogP contribution is -2.49. The number of fused-ring (bicyclic) bond motifs is 1. The van der Waals surface area contributed by atoms with Crippen LogP contribution in [0.1, 0.15) is 0 Å². The largest absolute Gasteiger partial charge is 0.491 e. The summed E-state index contributed by atoms with van der Waals surface area (Å²) in [6, 6.07) is 17.7. The molecule has 0 amide bonds. The van der Waals surface area contributed by atoms with Gasteiger partial charge in [0.05, 0.1) is 0 Å². The van der Waals surface area contributed by atoms with Gasteiger partial charge < -0.3 is 19.3 Å². The number of β-amino-alcohol motifs (C(OH)–C–C–N with tert-alkyl or cyclic N) is 1. The van der Waals surface area contributed by atoms with E-state index in [0.29, 0.717) is 23.6 Å². The van der Waals surface area contributed by atoms with E-state index in [0.717, 1.165) is 42.9 Å². The maximum atomic E-state index is 13.4. The van der Waals surface area contributed by atoms with Crippen molar-refractivity contribution < 1.29 is 18.8 Å². The van der Waals surface area contributed by atoms with E-state index in [-0.39, 0.29) is 12.4 Å².